The molecule has 0 amide bonds. The highest BCUT2D eigenvalue weighted by molar-refractivity contribution is 7.19. The number of hydrogen-bond acceptors (Lipinski definition) is 4. The van der Waals surface area contributed by atoms with Crippen LogP contribution in [0, 0.1) is 5.92 Å². The lowest BCUT2D eigenvalue weighted by molar-refractivity contribution is 0.509. The van der Waals surface area contributed by atoms with E-state index in [9.17, 15) is 0 Å². The van der Waals surface area contributed by atoms with Gasteiger partial charge in [0.2, 0.25) is 0 Å². The zero-order valence-electron chi connectivity index (χ0n) is 13.2. The van der Waals surface area contributed by atoms with Gasteiger partial charge in [-0.1, -0.05) is 30.7 Å². The highest BCUT2D eigenvalue weighted by Gasteiger charge is 2.24. The van der Waals surface area contributed by atoms with E-state index in [1.165, 1.54) is 22.2 Å². The van der Waals surface area contributed by atoms with E-state index in [0.29, 0.717) is 5.02 Å². The Hall–Kier alpha value is -1.98. The Balaban J connectivity index is 1.80. The molecule has 0 N–H and O–H groups in total. The average Bonchev–Trinajstić information content (AvgIpc) is 3.15. The Labute approximate surface area is 148 Å². The first-order valence-corrected chi connectivity index (χ1v) is 9.30. The smallest absolute Gasteiger partial charge is 0.172 e. The second-order valence-corrected chi connectivity index (χ2v) is 7.96. The van der Waals surface area contributed by atoms with Crippen molar-refractivity contribution in [3.8, 4) is 11.4 Å². The van der Waals surface area contributed by atoms with Crippen LogP contribution in [0.5, 0.6) is 0 Å². The maximum Gasteiger partial charge on any atom is 0.172 e. The van der Waals surface area contributed by atoms with Gasteiger partial charge in [-0.15, -0.1) is 21.5 Å². The summed E-state index contributed by atoms with van der Waals surface area (Å²) >= 11 is 8.15. The maximum atomic E-state index is 6.35. The summed E-state index contributed by atoms with van der Waals surface area (Å²) < 4.78 is 1.97. The molecule has 5 rings (SSSR count). The van der Waals surface area contributed by atoms with Crippen molar-refractivity contribution in [2.75, 3.05) is 0 Å². The zero-order chi connectivity index (χ0) is 16.3. The van der Waals surface area contributed by atoms with Crippen molar-refractivity contribution in [1.82, 2.24) is 19.6 Å². The van der Waals surface area contributed by atoms with Crippen LogP contribution in [0.4, 0.5) is 0 Å². The highest BCUT2D eigenvalue weighted by atomic mass is 35.5. The molecule has 0 saturated heterocycles. The minimum Gasteiger partial charge on any atom is -0.265 e. The van der Waals surface area contributed by atoms with E-state index in [1.54, 1.807) is 0 Å². The lowest BCUT2D eigenvalue weighted by atomic mass is 9.89. The van der Waals surface area contributed by atoms with Gasteiger partial charge in [0, 0.05) is 10.4 Å². The van der Waals surface area contributed by atoms with Crippen LogP contribution >= 0.6 is 22.9 Å². The normalized spacial score (nSPS) is 17.5. The summed E-state index contributed by atoms with van der Waals surface area (Å²) in [7, 11) is 0. The van der Waals surface area contributed by atoms with Gasteiger partial charge in [-0.3, -0.25) is 4.40 Å². The van der Waals surface area contributed by atoms with Gasteiger partial charge in [0.05, 0.1) is 10.4 Å². The van der Waals surface area contributed by atoms with Gasteiger partial charge < -0.3 is 0 Å². The predicted molar refractivity (Wildman–Crippen MR) is 97.8 cm³/mol. The molecule has 0 saturated carbocycles. The van der Waals surface area contributed by atoms with E-state index in [4.69, 9.17) is 11.6 Å². The molecule has 0 fully saturated rings. The largest absolute Gasteiger partial charge is 0.265 e. The fourth-order valence-corrected chi connectivity index (χ4v) is 5.13. The maximum absolute atomic E-state index is 6.35. The second kappa shape index (κ2) is 5.26. The molecule has 0 spiro atoms. The summed E-state index contributed by atoms with van der Waals surface area (Å²) in [4.78, 5) is 7.22. The van der Waals surface area contributed by atoms with E-state index in [1.807, 2.05) is 46.3 Å². The third kappa shape index (κ3) is 2.01. The number of nitrogens with zero attached hydrogens (tertiary/aromatic N) is 4. The highest BCUT2D eigenvalue weighted by Crippen LogP contribution is 2.39. The quantitative estimate of drug-likeness (QED) is 0.494. The average molecular weight is 355 g/mol. The van der Waals surface area contributed by atoms with Gasteiger partial charge in [0.25, 0.3) is 0 Å². The number of hydrogen-bond donors (Lipinski definition) is 0. The van der Waals surface area contributed by atoms with Gasteiger partial charge in [0.1, 0.15) is 11.2 Å². The molecule has 4 nitrogen and oxygen atoms in total. The van der Waals surface area contributed by atoms with Crippen LogP contribution < -0.4 is 0 Å². The van der Waals surface area contributed by atoms with E-state index < -0.39 is 0 Å². The van der Waals surface area contributed by atoms with Gasteiger partial charge >= 0.3 is 0 Å². The van der Waals surface area contributed by atoms with Gasteiger partial charge in [-0.2, -0.15) is 0 Å². The Kier molecular flexibility index (Phi) is 3.15. The van der Waals surface area contributed by atoms with Crippen LogP contribution in [0.2, 0.25) is 5.02 Å². The lowest BCUT2D eigenvalue weighted by Gasteiger charge is -2.17. The summed E-state index contributed by atoms with van der Waals surface area (Å²) in [6, 6.07) is 7.72. The molecule has 0 aliphatic heterocycles. The van der Waals surface area contributed by atoms with Gasteiger partial charge in [-0.05, 0) is 42.9 Å². The number of aryl methyl sites for hydroxylation is 1. The van der Waals surface area contributed by atoms with Crippen molar-refractivity contribution in [2.45, 2.75) is 26.2 Å². The van der Waals surface area contributed by atoms with Crippen molar-refractivity contribution in [1.29, 1.82) is 0 Å². The summed E-state index contributed by atoms with van der Waals surface area (Å²) in [6.45, 7) is 2.32. The molecule has 4 aromatic rings. The van der Waals surface area contributed by atoms with Crippen LogP contribution in [-0.4, -0.2) is 19.6 Å². The Morgan fingerprint density at radius 3 is 3.00 bits per heavy atom. The van der Waals surface area contributed by atoms with Crippen molar-refractivity contribution >= 4 is 38.8 Å². The van der Waals surface area contributed by atoms with Crippen LogP contribution in [0.3, 0.4) is 0 Å². The molecule has 120 valence electrons. The molecule has 1 unspecified atom stereocenters. The summed E-state index contributed by atoms with van der Waals surface area (Å²) in [5, 5.41) is 10.7. The third-order valence-corrected chi connectivity index (χ3v) is 6.31. The predicted octanol–water partition coefficient (Wildman–Crippen LogP) is 4.78. The summed E-state index contributed by atoms with van der Waals surface area (Å²) in [5.74, 6) is 1.49. The lowest BCUT2D eigenvalue weighted by Crippen LogP contribution is -2.08. The SMILES string of the molecule is CC1CCc2c(sc3ncn4c(-c5ccccc5Cl)nnc4c23)C1. The van der Waals surface area contributed by atoms with E-state index in [-0.39, 0.29) is 0 Å². The number of halogens is 1. The monoisotopic (exact) mass is 354 g/mol. The number of fused-ring (bicyclic) bond motifs is 5. The molecule has 6 heteroatoms. The third-order valence-electron chi connectivity index (χ3n) is 4.82. The van der Waals surface area contributed by atoms with Crippen LogP contribution in [0.15, 0.2) is 30.6 Å². The van der Waals surface area contributed by atoms with Crippen molar-refractivity contribution in [2.24, 2.45) is 5.92 Å². The molecule has 1 aliphatic carbocycles. The van der Waals surface area contributed by atoms with E-state index >= 15 is 0 Å². The molecule has 3 heterocycles. The fraction of sp³-hybridized carbons (Fsp3) is 0.278. The standard InChI is InChI=1S/C18H15ClN4S/c1-10-6-7-12-14(8-10)24-18-15(12)17-22-21-16(23(17)9-20-18)11-4-2-3-5-13(11)19/h2-5,9-10H,6-8H2,1H3. The van der Waals surface area contributed by atoms with Crippen molar-refractivity contribution in [3.05, 3.63) is 46.1 Å². The van der Waals surface area contributed by atoms with Crippen LogP contribution in [0.1, 0.15) is 23.8 Å². The molecule has 3 aromatic heterocycles. The molecular weight excluding hydrogens is 340 g/mol. The Morgan fingerprint density at radius 2 is 2.12 bits per heavy atom. The molecule has 1 aromatic carbocycles. The minimum absolute atomic E-state index is 0.674. The van der Waals surface area contributed by atoms with Crippen LogP contribution in [0.25, 0.3) is 27.3 Å². The zero-order valence-corrected chi connectivity index (χ0v) is 14.7. The minimum atomic E-state index is 0.674. The Bertz CT molecular complexity index is 1080. The molecule has 1 atom stereocenters. The van der Waals surface area contributed by atoms with Crippen molar-refractivity contribution < 1.29 is 0 Å². The number of thiophene rings is 1. The first-order chi connectivity index (χ1) is 11.7. The van der Waals surface area contributed by atoms with E-state index in [0.717, 1.165) is 40.6 Å². The number of benzene rings is 1. The first kappa shape index (κ1) is 14.4. The molecule has 1 aliphatic rings. The summed E-state index contributed by atoms with van der Waals surface area (Å²) in [6.07, 6.45) is 5.30. The first-order valence-electron chi connectivity index (χ1n) is 8.11. The van der Waals surface area contributed by atoms with E-state index in [2.05, 4.69) is 22.1 Å². The Morgan fingerprint density at radius 1 is 1.25 bits per heavy atom. The van der Waals surface area contributed by atoms with Gasteiger partial charge in [-0.25, -0.2) is 4.98 Å². The summed E-state index contributed by atoms with van der Waals surface area (Å²) in [5.41, 5.74) is 3.19. The molecule has 0 radical (unpaired) electrons. The number of rotatable bonds is 1. The molecule has 24 heavy (non-hydrogen) atoms. The van der Waals surface area contributed by atoms with Gasteiger partial charge in [0.15, 0.2) is 11.5 Å². The topological polar surface area (TPSA) is 43.1 Å². The van der Waals surface area contributed by atoms with Crippen LogP contribution in [-0.2, 0) is 12.8 Å². The fourth-order valence-electron chi connectivity index (χ4n) is 3.57. The van der Waals surface area contributed by atoms with Crippen molar-refractivity contribution in [3.63, 3.8) is 0 Å². The molecule has 0 bridgehead atoms. The second-order valence-electron chi connectivity index (χ2n) is 6.47. The number of aromatic nitrogens is 4. The molecular formula is C18H15ClN4S.